The lowest BCUT2D eigenvalue weighted by molar-refractivity contribution is 0.482. The Morgan fingerprint density at radius 2 is 1.87 bits per heavy atom. The van der Waals surface area contributed by atoms with E-state index in [2.05, 4.69) is 66.3 Å². The van der Waals surface area contributed by atoms with Gasteiger partial charge in [-0.15, -0.1) is 0 Å². The molecule has 2 heteroatoms. The number of hydrogen-bond donors (Lipinski definition) is 1. The highest BCUT2D eigenvalue weighted by Crippen LogP contribution is 2.17. The minimum atomic E-state index is 0.533. The summed E-state index contributed by atoms with van der Waals surface area (Å²) in [5.41, 5.74) is 1.38. The zero-order chi connectivity index (χ0) is 11.3. The molecule has 0 aromatic heterocycles. The third kappa shape index (κ3) is 4.80. The van der Waals surface area contributed by atoms with Gasteiger partial charge in [0.25, 0.3) is 0 Å². The summed E-state index contributed by atoms with van der Waals surface area (Å²) in [6.07, 6.45) is 1.08. The van der Waals surface area contributed by atoms with Crippen molar-refractivity contribution in [2.24, 2.45) is 5.92 Å². The summed E-state index contributed by atoms with van der Waals surface area (Å²) in [6.45, 7) is 7.80. The summed E-state index contributed by atoms with van der Waals surface area (Å²) in [5.74, 6) is 0.715. The van der Waals surface area contributed by atoms with Crippen LogP contribution in [0.15, 0.2) is 28.7 Å². The largest absolute Gasteiger partial charge is 0.314 e. The Bertz CT molecular complexity index is 296. The van der Waals surface area contributed by atoms with E-state index in [4.69, 9.17) is 0 Å². The van der Waals surface area contributed by atoms with E-state index < -0.39 is 0 Å². The molecule has 84 valence electrons. The number of benzene rings is 1. The fraction of sp³-hybridized carbons (Fsp3) is 0.538. The van der Waals surface area contributed by atoms with E-state index in [9.17, 15) is 0 Å². The average Bonchev–Trinajstić information content (AvgIpc) is 2.18. The van der Waals surface area contributed by atoms with Crippen LogP contribution in [-0.4, -0.2) is 12.6 Å². The van der Waals surface area contributed by atoms with E-state index in [1.54, 1.807) is 0 Å². The molecule has 15 heavy (non-hydrogen) atoms. The summed E-state index contributed by atoms with van der Waals surface area (Å²) in [4.78, 5) is 0. The summed E-state index contributed by atoms with van der Waals surface area (Å²) in [5, 5.41) is 3.54. The molecule has 1 aromatic carbocycles. The first kappa shape index (κ1) is 12.7. The summed E-state index contributed by atoms with van der Waals surface area (Å²) in [6, 6.07) is 8.96. The Morgan fingerprint density at radius 1 is 1.20 bits per heavy atom. The quantitative estimate of drug-likeness (QED) is 0.861. The molecule has 1 N–H and O–H groups in total. The summed E-state index contributed by atoms with van der Waals surface area (Å²) in [7, 11) is 0. The lowest BCUT2D eigenvalue weighted by Crippen LogP contribution is -2.31. The maximum atomic E-state index is 3.58. The molecule has 0 saturated heterocycles. The molecule has 0 saturated carbocycles. The lowest BCUT2D eigenvalue weighted by Gasteiger charge is -2.16. The van der Waals surface area contributed by atoms with Crippen LogP contribution in [0, 0.1) is 5.92 Å². The first-order valence-electron chi connectivity index (χ1n) is 5.56. The van der Waals surface area contributed by atoms with Gasteiger partial charge in [0.15, 0.2) is 0 Å². The summed E-state index contributed by atoms with van der Waals surface area (Å²) >= 11 is 3.58. The highest BCUT2D eigenvalue weighted by molar-refractivity contribution is 9.10. The second kappa shape index (κ2) is 6.29. The first-order chi connectivity index (χ1) is 7.09. The van der Waals surface area contributed by atoms with Crippen LogP contribution in [0.4, 0.5) is 0 Å². The molecule has 1 atom stereocenters. The van der Waals surface area contributed by atoms with Crippen molar-refractivity contribution in [2.45, 2.75) is 33.2 Å². The van der Waals surface area contributed by atoms with Crippen molar-refractivity contribution >= 4 is 15.9 Å². The van der Waals surface area contributed by atoms with Crippen LogP contribution in [0.5, 0.6) is 0 Å². The normalized spacial score (nSPS) is 13.1. The van der Waals surface area contributed by atoms with Crippen LogP contribution >= 0.6 is 15.9 Å². The lowest BCUT2D eigenvalue weighted by atomic mass is 10.1. The fourth-order valence-electron chi connectivity index (χ4n) is 1.50. The van der Waals surface area contributed by atoms with Crippen molar-refractivity contribution in [2.75, 3.05) is 6.54 Å². The average molecular weight is 270 g/mol. The molecule has 1 aromatic rings. The Labute approximate surface area is 101 Å². The zero-order valence-corrected chi connectivity index (χ0v) is 11.3. The Hall–Kier alpha value is -0.340. The van der Waals surface area contributed by atoms with Gasteiger partial charge in [-0.25, -0.2) is 0 Å². The van der Waals surface area contributed by atoms with Crippen molar-refractivity contribution < 1.29 is 0 Å². The van der Waals surface area contributed by atoms with Crippen molar-refractivity contribution in [3.05, 3.63) is 34.3 Å². The molecule has 0 aliphatic heterocycles. The van der Waals surface area contributed by atoms with E-state index in [0.29, 0.717) is 12.0 Å². The van der Waals surface area contributed by atoms with Crippen molar-refractivity contribution in [1.29, 1.82) is 0 Å². The highest BCUT2D eigenvalue weighted by atomic mass is 79.9. The highest BCUT2D eigenvalue weighted by Gasteiger charge is 2.05. The van der Waals surface area contributed by atoms with Gasteiger partial charge in [-0.2, -0.15) is 0 Å². The standard InChI is InChI=1S/C13H20BrN/c1-10(2)9-15-11(3)8-12-6-4-5-7-13(12)14/h4-7,10-11,15H,8-9H2,1-3H3. The molecule has 0 aliphatic carbocycles. The van der Waals surface area contributed by atoms with E-state index in [0.717, 1.165) is 13.0 Å². The van der Waals surface area contributed by atoms with Crippen LogP contribution in [0.3, 0.4) is 0 Å². The molecule has 1 nitrogen and oxygen atoms in total. The minimum Gasteiger partial charge on any atom is -0.314 e. The number of hydrogen-bond acceptors (Lipinski definition) is 1. The van der Waals surface area contributed by atoms with Crippen LogP contribution in [0.25, 0.3) is 0 Å². The van der Waals surface area contributed by atoms with Crippen LogP contribution < -0.4 is 5.32 Å². The van der Waals surface area contributed by atoms with E-state index in [1.165, 1.54) is 10.0 Å². The monoisotopic (exact) mass is 269 g/mol. The van der Waals surface area contributed by atoms with Gasteiger partial charge in [0.05, 0.1) is 0 Å². The molecular formula is C13H20BrN. The van der Waals surface area contributed by atoms with Gasteiger partial charge in [0.1, 0.15) is 0 Å². The molecule has 0 radical (unpaired) electrons. The molecular weight excluding hydrogens is 250 g/mol. The third-order valence-corrected chi connectivity index (χ3v) is 3.13. The van der Waals surface area contributed by atoms with Gasteiger partial charge in [0, 0.05) is 10.5 Å². The predicted molar refractivity (Wildman–Crippen MR) is 70.1 cm³/mol. The molecule has 0 fully saturated rings. The topological polar surface area (TPSA) is 12.0 Å². The van der Waals surface area contributed by atoms with Crippen LogP contribution in [-0.2, 0) is 6.42 Å². The maximum absolute atomic E-state index is 3.58. The van der Waals surface area contributed by atoms with Gasteiger partial charge < -0.3 is 5.32 Å². The minimum absolute atomic E-state index is 0.533. The van der Waals surface area contributed by atoms with Gasteiger partial charge in [-0.05, 0) is 37.4 Å². The van der Waals surface area contributed by atoms with Gasteiger partial charge in [0.2, 0.25) is 0 Å². The smallest absolute Gasteiger partial charge is 0.0207 e. The van der Waals surface area contributed by atoms with Crippen molar-refractivity contribution in [3.8, 4) is 0 Å². The predicted octanol–water partition coefficient (Wildman–Crippen LogP) is 3.63. The zero-order valence-electron chi connectivity index (χ0n) is 9.76. The number of nitrogens with one attached hydrogen (secondary N) is 1. The van der Waals surface area contributed by atoms with Gasteiger partial charge >= 0.3 is 0 Å². The van der Waals surface area contributed by atoms with Crippen molar-refractivity contribution in [3.63, 3.8) is 0 Å². The molecule has 0 bridgehead atoms. The Balaban J connectivity index is 2.44. The second-order valence-corrected chi connectivity index (χ2v) is 5.35. The molecule has 1 unspecified atom stereocenters. The second-order valence-electron chi connectivity index (χ2n) is 4.50. The summed E-state index contributed by atoms with van der Waals surface area (Å²) < 4.78 is 1.21. The Morgan fingerprint density at radius 3 is 2.47 bits per heavy atom. The van der Waals surface area contributed by atoms with E-state index >= 15 is 0 Å². The molecule has 1 rings (SSSR count). The Kier molecular flexibility index (Phi) is 5.34. The van der Waals surface area contributed by atoms with Crippen LogP contribution in [0.2, 0.25) is 0 Å². The van der Waals surface area contributed by atoms with Crippen LogP contribution in [0.1, 0.15) is 26.3 Å². The molecule has 0 heterocycles. The van der Waals surface area contributed by atoms with E-state index in [1.807, 2.05) is 0 Å². The number of rotatable bonds is 5. The SMILES string of the molecule is CC(C)CNC(C)Cc1ccccc1Br. The first-order valence-corrected chi connectivity index (χ1v) is 6.35. The van der Waals surface area contributed by atoms with Crippen molar-refractivity contribution in [1.82, 2.24) is 5.32 Å². The fourth-order valence-corrected chi connectivity index (χ4v) is 1.95. The van der Waals surface area contributed by atoms with Gasteiger partial charge in [-0.1, -0.05) is 48.0 Å². The van der Waals surface area contributed by atoms with E-state index in [-0.39, 0.29) is 0 Å². The third-order valence-electron chi connectivity index (χ3n) is 2.36. The molecule has 0 spiro atoms. The molecule has 0 aliphatic rings. The number of halogens is 1. The maximum Gasteiger partial charge on any atom is 0.0207 e. The molecule has 0 amide bonds. The van der Waals surface area contributed by atoms with Gasteiger partial charge in [-0.3, -0.25) is 0 Å².